The fourth-order valence-electron chi connectivity index (χ4n) is 9.09. The monoisotopic (exact) mass is 734 g/mol. The van der Waals surface area contributed by atoms with Gasteiger partial charge in [0.15, 0.2) is 0 Å². The fraction of sp³-hybridized carbons (Fsp3) is 0.0566. The van der Waals surface area contributed by atoms with Crippen molar-refractivity contribution in [3.05, 3.63) is 210 Å². The Morgan fingerprint density at radius 1 is 0.464 bits per heavy atom. The van der Waals surface area contributed by atoms with Crippen LogP contribution in [0, 0.1) is 5.92 Å². The molecule has 1 aliphatic carbocycles. The molecule has 0 saturated heterocycles. The average Bonchev–Trinajstić information content (AvgIpc) is 3.80. The summed E-state index contributed by atoms with van der Waals surface area (Å²) >= 11 is 1.87. The van der Waals surface area contributed by atoms with E-state index in [-0.39, 0.29) is 5.92 Å². The van der Waals surface area contributed by atoms with Crippen LogP contribution in [-0.2, 0) is 0 Å². The maximum atomic E-state index is 2.46. The number of hydrogen-bond donors (Lipinski definition) is 0. The molecular weight excluding hydrogens is 697 g/mol. The minimum Gasteiger partial charge on any atom is -0.313 e. The molecule has 0 bridgehead atoms. The lowest BCUT2D eigenvalue weighted by molar-refractivity contribution is 0.741. The van der Waals surface area contributed by atoms with Crippen molar-refractivity contribution in [3.8, 4) is 16.8 Å². The number of rotatable bonds is 6. The molecule has 1 atom stereocenters. The van der Waals surface area contributed by atoms with Crippen LogP contribution in [-0.4, -0.2) is 4.57 Å². The maximum Gasteiger partial charge on any atom is 0.0541 e. The van der Waals surface area contributed by atoms with E-state index in [0.717, 1.165) is 6.42 Å². The molecule has 2 nitrogen and oxygen atoms in total. The molecule has 0 fully saturated rings. The van der Waals surface area contributed by atoms with Gasteiger partial charge in [-0.05, 0) is 101 Å². The van der Waals surface area contributed by atoms with Crippen LogP contribution < -0.4 is 15.3 Å². The summed E-state index contributed by atoms with van der Waals surface area (Å²) in [5.41, 5.74) is 12.5. The van der Waals surface area contributed by atoms with Crippen molar-refractivity contribution in [1.82, 2.24) is 4.57 Å². The summed E-state index contributed by atoms with van der Waals surface area (Å²) in [7, 11) is 0. The molecular formula is C53H38N2S. The van der Waals surface area contributed by atoms with E-state index in [4.69, 9.17) is 0 Å². The zero-order valence-electron chi connectivity index (χ0n) is 31.1. The van der Waals surface area contributed by atoms with Crippen molar-refractivity contribution in [2.24, 2.45) is 5.92 Å². The largest absolute Gasteiger partial charge is 0.313 e. The number of benzene rings is 8. The fourth-order valence-corrected chi connectivity index (χ4v) is 10.2. The second kappa shape index (κ2) is 13.3. The van der Waals surface area contributed by atoms with E-state index in [1.165, 1.54) is 97.4 Å². The average molecular weight is 735 g/mol. The van der Waals surface area contributed by atoms with Crippen LogP contribution in [0.4, 0.5) is 11.4 Å². The SMILES string of the molecule is CC1CC(c2ccc3c(c2)c2ccccc2n3-c2ccc(-c3ccc4c(c3)sc3ccccc34)cc2)=c2ccccc2=C1N(c1ccccc1)c1ccccc1. The number of para-hydroxylation sites is 3. The number of thiophene rings is 1. The van der Waals surface area contributed by atoms with Crippen LogP contribution >= 0.6 is 11.3 Å². The summed E-state index contributed by atoms with van der Waals surface area (Å²) in [6.45, 7) is 2.39. The van der Waals surface area contributed by atoms with Crippen LogP contribution in [0.3, 0.4) is 0 Å². The summed E-state index contributed by atoms with van der Waals surface area (Å²) in [6, 6.07) is 71.3. The molecule has 0 spiro atoms. The molecule has 10 aromatic rings. The lowest BCUT2D eigenvalue weighted by atomic mass is 9.84. The molecule has 3 heteroatoms. The van der Waals surface area contributed by atoms with E-state index in [1.807, 2.05) is 11.3 Å². The molecule has 2 aromatic heterocycles. The molecule has 1 aliphatic rings. The zero-order valence-corrected chi connectivity index (χ0v) is 31.9. The van der Waals surface area contributed by atoms with Gasteiger partial charge in [-0.25, -0.2) is 0 Å². The Labute approximate surface area is 330 Å². The molecule has 8 aromatic carbocycles. The molecule has 0 radical (unpaired) electrons. The minimum atomic E-state index is 0.287. The van der Waals surface area contributed by atoms with E-state index >= 15 is 0 Å². The molecule has 0 amide bonds. The quantitative estimate of drug-likeness (QED) is 0.165. The van der Waals surface area contributed by atoms with Gasteiger partial charge in [0.05, 0.1) is 11.0 Å². The Hall–Kier alpha value is -6.68. The maximum absolute atomic E-state index is 2.46. The van der Waals surface area contributed by atoms with Gasteiger partial charge in [0.25, 0.3) is 0 Å². The predicted octanol–water partition coefficient (Wildman–Crippen LogP) is 13.0. The van der Waals surface area contributed by atoms with Gasteiger partial charge in [-0.1, -0.05) is 134 Å². The number of nitrogens with zero attached hydrogens (tertiary/aromatic N) is 2. The van der Waals surface area contributed by atoms with Gasteiger partial charge in [-0.2, -0.15) is 0 Å². The first kappa shape index (κ1) is 32.7. The van der Waals surface area contributed by atoms with Crippen LogP contribution in [0.2, 0.25) is 0 Å². The first-order chi connectivity index (χ1) is 27.7. The topological polar surface area (TPSA) is 8.17 Å². The summed E-state index contributed by atoms with van der Waals surface area (Å²) in [5, 5.41) is 7.83. The van der Waals surface area contributed by atoms with Crippen molar-refractivity contribution in [3.63, 3.8) is 0 Å². The van der Waals surface area contributed by atoms with Gasteiger partial charge in [0.2, 0.25) is 0 Å². The number of anilines is 2. The first-order valence-electron chi connectivity index (χ1n) is 19.5. The standard InChI is InChI=1S/C53H38N2S/c1-35-32-47(42-18-8-9-21-46(42)53(35)54(39-14-4-2-5-15-39)40-16-6-3-7-17-40)38-27-31-50-48(33-38)43-19-10-12-22-49(43)55(50)41-28-24-36(25-29-41)37-26-30-45-44-20-11-13-23-51(44)56-52(45)34-37/h2-31,33-35H,32H2,1H3. The predicted molar refractivity (Wildman–Crippen MR) is 240 cm³/mol. The van der Waals surface area contributed by atoms with Gasteiger partial charge in [0, 0.05) is 64.8 Å². The zero-order chi connectivity index (χ0) is 37.2. The van der Waals surface area contributed by atoms with Gasteiger partial charge < -0.3 is 9.47 Å². The second-order valence-corrected chi connectivity index (χ2v) is 16.0. The number of fused-ring (bicyclic) bond motifs is 7. The molecule has 2 heterocycles. The van der Waals surface area contributed by atoms with E-state index in [9.17, 15) is 0 Å². The lowest BCUT2D eigenvalue weighted by Crippen LogP contribution is -2.40. The first-order valence-corrected chi connectivity index (χ1v) is 20.3. The Morgan fingerprint density at radius 2 is 1.05 bits per heavy atom. The third kappa shape index (κ3) is 5.31. The van der Waals surface area contributed by atoms with E-state index in [1.54, 1.807) is 0 Å². The Balaban J connectivity index is 1.04. The van der Waals surface area contributed by atoms with Crippen molar-refractivity contribution >= 4 is 76.0 Å². The van der Waals surface area contributed by atoms with E-state index in [2.05, 4.69) is 211 Å². The van der Waals surface area contributed by atoms with E-state index in [0.29, 0.717) is 0 Å². The van der Waals surface area contributed by atoms with Crippen LogP contribution in [0.15, 0.2) is 194 Å². The molecule has 266 valence electrons. The number of hydrogen-bond acceptors (Lipinski definition) is 2. The van der Waals surface area contributed by atoms with Gasteiger partial charge >= 0.3 is 0 Å². The number of aromatic nitrogens is 1. The molecule has 1 unspecified atom stereocenters. The van der Waals surface area contributed by atoms with Gasteiger partial charge in [-0.3, -0.25) is 0 Å². The van der Waals surface area contributed by atoms with Crippen molar-refractivity contribution < 1.29 is 0 Å². The van der Waals surface area contributed by atoms with Crippen LogP contribution in [0.25, 0.3) is 70.1 Å². The Kier molecular flexibility index (Phi) is 7.75. The highest BCUT2D eigenvalue weighted by Gasteiger charge is 2.26. The minimum absolute atomic E-state index is 0.287. The highest BCUT2D eigenvalue weighted by atomic mass is 32.1. The Morgan fingerprint density at radius 3 is 1.82 bits per heavy atom. The van der Waals surface area contributed by atoms with Crippen LogP contribution in [0.1, 0.15) is 18.9 Å². The van der Waals surface area contributed by atoms with Crippen molar-refractivity contribution in [2.75, 3.05) is 4.90 Å². The van der Waals surface area contributed by atoms with Crippen LogP contribution in [0.5, 0.6) is 0 Å². The third-order valence-corrected chi connectivity index (χ3v) is 12.8. The molecule has 0 N–H and O–H groups in total. The highest BCUT2D eigenvalue weighted by Crippen LogP contribution is 2.40. The van der Waals surface area contributed by atoms with E-state index < -0.39 is 0 Å². The summed E-state index contributed by atoms with van der Waals surface area (Å²) < 4.78 is 5.10. The third-order valence-electron chi connectivity index (χ3n) is 11.6. The van der Waals surface area contributed by atoms with Gasteiger partial charge in [-0.15, -0.1) is 11.3 Å². The molecule has 11 rings (SSSR count). The summed E-state index contributed by atoms with van der Waals surface area (Å²) in [5.74, 6) is 0.287. The van der Waals surface area contributed by atoms with Gasteiger partial charge in [0.1, 0.15) is 0 Å². The van der Waals surface area contributed by atoms with Crippen molar-refractivity contribution in [1.29, 1.82) is 0 Å². The smallest absolute Gasteiger partial charge is 0.0541 e. The molecule has 0 saturated carbocycles. The summed E-state index contributed by atoms with van der Waals surface area (Å²) in [6.07, 6.45) is 0.946. The van der Waals surface area contributed by atoms with Crippen molar-refractivity contribution in [2.45, 2.75) is 13.3 Å². The normalized spacial score (nSPS) is 14.2. The highest BCUT2D eigenvalue weighted by molar-refractivity contribution is 7.25. The second-order valence-electron chi connectivity index (χ2n) is 15.0. The molecule has 0 aliphatic heterocycles. The lowest BCUT2D eigenvalue weighted by Gasteiger charge is -2.34. The summed E-state index contributed by atoms with van der Waals surface area (Å²) in [4.78, 5) is 2.46. The molecule has 56 heavy (non-hydrogen) atoms. The Bertz CT molecular complexity index is 3190.